The highest BCUT2D eigenvalue weighted by molar-refractivity contribution is 9.10. The lowest BCUT2D eigenvalue weighted by Gasteiger charge is -2.14. The van der Waals surface area contributed by atoms with Gasteiger partial charge in [-0.3, -0.25) is 0 Å². The fourth-order valence-corrected chi connectivity index (χ4v) is 2.49. The summed E-state index contributed by atoms with van der Waals surface area (Å²) in [6, 6.07) is 8.55. The highest BCUT2D eigenvalue weighted by atomic mass is 79.9. The predicted octanol–water partition coefficient (Wildman–Crippen LogP) is 4.88. The standard InChI is InChI=1S/C15H11BrF4O/c16-13-5-4-11(17)8-12(13)14(21)7-9-2-1-3-10(6-9)15(18,19)20/h1-6,8,14,21H,7H2. The monoisotopic (exact) mass is 362 g/mol. The molecule has 0 aromatic heterocycles. The fourth-order valence-electron chi connectivity index (χ4n) is 1.98. The van der Waals surface area contributed by atoms with E-state index in [2.05, 4.69) is 15.9 Å². The predicted molar refractivity (Wildman–Crippen MR) is 74.2 cm³/mol. The highest BCUT2D eigenvalue weighted by Crippen LogP contribution is 2.31. The van der Waals surface area contributed by atoms with E-state index in [9.17, 15) is 22.7 Å². The Kier molecular flexibility index (Phi) is 4.68. The first kappa shape index (κ1) is 16.0. The molecule has 0 aliphatic rings. The average molecular weight is 363 g/mol. The topological polar surface area (TPSA) is 20.2 Å². The first-order valence-electron chi connectivity index (χ1n) is 6.06. The van der Waals surface area contributed by atoms with Gasteiger partial charge in [-0.1, -0.05) is 34.1 Å². The summed E-state index contributed by atoms with van der Waals surface area (Å²) in [7, 11) is 0. The summed E-state index contributed by atoms with van der Waals surface area (Å²) >= 11 is 3.18. The van der Waals surface area contributed by atoms with Crippen LogP contribution in [-0.2, 0) is 12.6 Å². The van der Waals surface area contributed by atoms with Gasteiger partial charge in [0.25, 0.3) is 0 Å². The Bertz CT molecular complexity index is 640. The Hall–Kier alpha value is -1.40. The van der Waals surface area contributed by atoms with Gasteiger partial charge in [-0.25, -0.2) is 4.39 Å². The summed E-state index contributed by atoms with van der Waals surface area (Å²) in [6.45, 7) is 0. The lowest BCUT2D eigenvalue weighted by Crippen LogP contribution is -2.07. The van der Waals surface area contributed by atoms with E-state index >= 15 is 0 Å². The zero-order valence-corrected chi connectivity index (χ0v) is 12.2. The van der Waals surface area contributed by atoms with Crippen LogP contribution in [0.25, 0.3) is 0 Å². The molecule has 1 nitrogen and oxygen atoms in total. The number of hydrogen-bond acceptors (Lipinski definition) is 1. The van der Waals surface area contributed by atoms with E-state index in [4.69, 9.17) is 0 Å². The van der Waals surface area contributed by atoms with Crippen molar-refractivity contribution in [3.05, 3.63) is 69.4 Å². The number of rotatable bonds is 3. The second-order valence-electron chi connectivity index (χ2n) is 4.58. The number of halogens is 5. The molecule has 21 heavy (non-hydrogen) atoms. The van der Waals surface area contributed by atoms with E-state index in [1.165, 1.54) is 24.3 Å². The number of alkyl halides is 3. The van der Waals surface area contributed by atoms with Crippen molar-refractivity contribution in [3.63, 3.8) is 0 Å². The van der Waals surface area contributed by atoms with Crippen molar-refractivity contribution >= 4 is 15.9 Å². The van der Waals surface area contributed by atoms with Gasteiger partial charge in [-0.2, -0.15) is 13.2 Å². The van der Waals surface area contributed by atoms with Gasteiger partial charge in [-0.15, -0.1) is 0 Å². The van der Waals surface area contributed by atoms with Crippen LogP contribution in [0.1, 0.15) is 22.8 Å². The zero-order chi connectivity index (χ0) is 15.6. The van der Waals surface area contributed by atoms with Gasteiger partial charge < -0.3 is 5.11 Å². The van der Waals surface area contributed by atoms with Crippen LogP contribution in [0.5, 0.6) is 0 Å². The first-order chi connectivity index (χ1) is 9.77. The second-order valence-corrected chi connectivity index (χ2v) is 5.44. The molecule has 0 aliphatic carbocycles. The van der Waals surface area contributed by atoms with Crippen LogP contribution in [-0.4, -0.2) is 5.11 Å². The van der Waals surface area contributed by atoms with Crippen LogP contribution in [0.4, 0.5) is 17.6 Å². The van der Waals surface area contributed by atoms with Gasteiger partial charge in [0.1, 0.15) is 5.82 Å². The molecule has 1 atom stereocenters. The Morgan fingerprint density at radius 1 is 1.10 bits per heavy atom. The summed E-state index contributed by atoms with van der Waals surface area (Å²) in [5, 5.41) is 10.1. The first-order valence-corrected chi connectivity index (χ1v) is 6.86. The van der Waals surface area contributed by atoms with Crippen molar-refractivity contribution in [2.24, 2.45) is 0 Å². The molecule has 0 spiro atoms. The van der Waals surface area contributed by atoms with Gasteiger partial charge in [0.05, 0.1) is 11.7 Å². The summed E-state index contributed by atoms with van der Waals surface area (Å²) in [4.78, 5) is 0. The van der Waals surface area contributed by atoms with Crippen LogP contribution in [0, 0.1) is 5.82 Å². The maximum Gasteiger partial charge on any atom is 0.416 e. The van der Waals surface area contributed by atoms with Gasteiger partial charge in [0.15, 0.2) is 0 Å². The lowest BCUT2D eigenvalue weighted by molar-refractivity contribution is -0.137. The van der Waals surface area contributed by atoms with Gasteiger partial charge in [-0.05, 0) is 35.4 Å². The van der Waals surface area contributed by atoms with Crippen molar-refractivity contribution in [1.29, 1.82) is 0 Å². The van der Waals surface area contributed by atoms with Crippen LogP contribution in [0.15, 0.2) is 46.9 Å². The Morgan fingerprint density at radius 3 is 2.48 bits per heavy atom. The maximum atomic E-state index is 13.2. The van der Waals surface area contributed by atoms with Gasteiger partial charge >= 0.3 is 6.18 Å². The smallest absolute Gasteiger partial charge is 0.388 e. The summed E-state index contributed by atoms with van der Waals surface area (Å²) in [5.74, 6) is -0.517. The Labute approximate surface area is 127 Å². The molecule has 1 unspecified atom stereocenters. The minimum absolute atomic E-state index is 0.0357. The highest BCUT2D eigenvalue weighted by Gasteiger charge is 2.30. The minimum Gasteiger partial charge on any atom is -0.388 e. The third-order valence-corrected chi connectivity index (χ3v) is 3.72. The fraction of sp³-hybridized carbons (Fsp3) is 0.200. The summed E-state index contributed by atoms with van der Waals surface area (Å²) < 4.78 is 51.6. The molecule has 0 heterocycles. The lowest BCUT2D eigenvalue weighted by atomic mass is 10.00. The molecule has 2 aromatic rings. The molecule has 0 bridgehead atoms. The van der Waals surface area contributed by atoms with Crippen molar-refractivity contribution < 1.29 is 22.7 Å². The largest absolute Gasteiger partial charge is 0.416 e. The van der Waals surface area contributed by atoms with Crippen LogP contribution in [0.2, 0.25) is 0 Å². The van der Waals surface area contributed by atoms with Crippen molar-refractivity contribution in [2.45, 2.75) is 18.7 Å². The number of aliphatic hydroxyl groups is 1. The Morgan fingerprint density at radius 2 is 1.81 bits per heavy atom. The number of benzene rings is 2. The molecule has 1 N–H and O–H groups in total. The molecule has 0 amide bonds. The van der Waals surface area contributed by atoms with E-state index in [-0.39, 0.29) is 6.42 Å². The molecule has 0 aliphatic heterocycles. The van der Waals surface area contributed by atoms with Crippen molar-refractivity contribution in [2.75, 3.05) is 0 Å². The minimum atomic E-state index is -4.43. The molecule has 2 rings (SSSR count). The Balaban J connectivity index is 2.23. The number of hydrogen-bond donors (Lipinski definition) is 1. The summed E-state index contributed by atoms with van der Waals surface area (Å²) in [5.41, 5.74) is -0.147. The maximum absolute atomic E-state index is 13.2. The number of aliphatic hydroxyl groups excluding tert-OH is 1. The third-order valence-electron chi connectivity index (χ3n) is 3.00. The molecular formula is C15H11BrF4O. The SMILES string of the molecule is OC(Cc1cccc(C(F)(F)F)c1)c1cc(F)ccc1Br. The second kappa shape index (κ2) is 6.15. The summed E-state index contributed by atoms with van der Waals surface area (Å²) in [6.07, 6.45) is -5.56. The molecule has 0 radical (unpaired) electrons. The van der Waals surface area contributed by atoms with Gasteiger partial charge in [0.2, 0.25) is 0 Å². The van der Waals surface area contributed by atoms with E-state index in [0.29, 0.717) is 15.6 Å². The average Bonchev–Trinajstić information content (AvgIpc) is 2.41. The van der Waals surface area contributed by atoms with Crippen molar-refractivity contribution in [3.8, 4) is 0 Å². The molecule has 0 saturated carbocycles. The molecule has 0 saturated heterocycles. The van der Waals surface area contributed by atoms with E-state index < -0.39 is 23.7 Å². The molecule has 112 valence electrons. The molecular weight excluding hydrogens is 352 g/mol. The molecule has 0 fully saturated rings. The normalized spacial score (nSPS) is 13.2. The van der Waals surface area contributed by atoms with E-state index in [1.54, 1.807) is 0 Å². The van der Waals surface area contributed by atoms with Crippen molar-refractivity contribution in [1.82, 2.24) is 0 Å². The van der Waals surface area contributed by atoms with Crippen LogP contribution in [0.3, 0.4) is 0 Å². The van der Waals surface area contributed by atoms with Crippen LogP contribution < -0.4 is 0 Å². The third kappa shape index (κ3) is 4.04. The molecule has 2 aromatic carbocycles. The zero-order valence-electron chi connectivity index (χ0n) is 10.7. The quantitative estimate of drug-likeness (QED) is 0.771. The van der Waals surface area contributed by atoms with Gasteiger partial charge in [0, 0.05) is 10.9 Å². The van der Waals surface area contributed by atoms with E-state index in [0.717, 1.165) is 18.2 Å². The van der Waals surface area contributed by atoms with E-state index in [1.807, 2.05) is 0 Å². The molecule has 6 heteroatoms. The van der Waals surface area contributed by atoms with Crippen LogP contribution >= 0.6 is 15.9 Å².